The number of aromatic nitrogens is 1. The van der Waals surface area contributed by atoms with Gasteiger partial charge in [-0.2, -0.15) is 0 Å². The number of carbonyl (C=O) groups is 1. The molecule has 2 rings (SSSR count). The average Bonchev–Trinajstić information content (AvgIpc) is 2.59. The topological polar surface area (TPSA) is 102 Å². The average molecular weight is 367 g/mol. The number of benzene rings is 1. The zero-order valence-electron chi connectivity index (χ0n) is 13.5. The Bertz CT molecular complexity index is 749. The first kappa shape index (κ1) is 19.0. The number of anilines is 1. The normalized spacial score (nSPS) is 11.7. The quantitative estimate of drug-likeness (QED) is 0.536. The minimum Gasteiger partial charge on any atom is -0.406 e. The number of ether oxygens (including phenoxy) is 1. The number of pyridine rings is 1. The van der Waals surface area contributed by atoms with Gasteiger partial charge in [0.25, 0.3) is 0 Å². The van der Waals surface area contributed by atoms with Crippen molar-refractivity contribution >= 4 is 17.6 Å². The summed E-state index contributed by atoms with van der Waals surface area (Å²) in [6, 6.07) is 8.62. The van der Waals surface area contributed by atoms with Crippen LogP contribution in [-0.2, 0) is 11.3 Å². The fourth-order valence-electron chi connectivity index (χ4n) is 1.84. The van der Waals surface area contributed by atoms with Crippen LogP contribution >= 0.6 is 0 Å². The smallest absolute Gasteiger partial charge is 0.406 e. The maximum atomic E-state index is 12.1. The number of amides is 1. The van der Waals surface area contributed by atoms with Crippen LogP contribution in [0.3, 0.4) is 0 Å². The summed E-state index contributed by atoms with van der Waals surface area (Å²) < 4.78 is 40.0. The molecule has 1 amide bonds. The highest BCUT2D eigenvalue weighted by atomic mass is 19.4. The number of guanidine groups is 1. The first-order valence-electron chi connectivity index (χ1n) is 7.40. The van der Waals surface area contributed by atoms with E-state index in [1.807, 2.05) is 0 Å². The Morgan fingerprint density at radius 1 is 1.23 bits per heavy atom. The molecule has 0 radical (unpaired) electrons. The van der Waals surface area contributed by atoms with E-state index in [9.17, 15) is 18.0 Å². The molecule has 0 saturated heterocycles. The third kappa shape index (κ3) is 7.07. The molecule has 0 aliphatic rings. The molecule has 0 aliphatic heterocycles. The molecule has 0 fully saturated rings. The maximum Gasteiger partial charge on any atom is 0.573 e. The van der Waals surface area contributed by atoms with E-state index in [0.29, 0.717) is 11.3 Å². The van der Waals surface area contributed by atoms with Crippen molar-refractivity contribution in [2.45, 2.75) is 12.9 Å². The zero-order chi connectivity index (χ0) is 19.0. The Morgan fingerprint density at radius 2 is 1.96 bits per heavy atom. The lowest BCUT2D eigenvalue weighted by Crippen LogP contribution is -2.37. The lowest BCUT2D eigenvalue weighted by Gasteiger charge is -2.09. The van der Waals surface area contributed by atoms with Gasteiger partial charge in [0.1, 0.15) is 5.75 Å². The van der Waals surface area contributed by atoms with Gasteiger partial charge in [-0.15, -0.1) is 13.2 Å². The summed E-state index contributed by atoms with van der Waals surface area (Å²) in [6.07, 6.45) is -1.65. The van der Waals surface area contributed by atoms with Crippen molar-refractivity contribution in [1.29, 1.82) is 0 Å². The molecule has 0 unspecified atom stereocenters. The second kappa shape index (κ2) is 8.70. The van der Waals surface area contributed by atoms with Crippen molar-refractivity contribution < 1.29 is 22.7 Å². The van der Waals surface area contributed by atoms with E-state index in [0.717, 1.165) is 0 Å². The minimum absolute atomic E-state index is 0.0296. The third-order valence-corrected chi connectivity index (χ3v) is 2.96. The summed E-state index contributed by atoms with van der Waals surface area (Å²) >= 11 is 0. The fourth-order valence-corrected chi connectivity index (χ4v) is 1.84. The second-order valence-corrected chi connectivity index (χ2v) is 5.04. The predicted molar refractivity (Wildman–Crippen MR) is 89.3 cm³/mol. The van der Waals surface area contributed by atoms with Crippen molar-refractivity contribution in [3.05, 3.63) is 54.4 Å². The lowest BCUT2D eigenvalue weighted by molar-refractivity contribution is -0.274. The molecule has 2 aromatic rings. The molecule has 0 spiro atoms. The van der Waals surface area contributed by atoms with Crippen LogP contribution in [-0.4, -0.2) is 29.8 Å². The zero-order valence-corrected chi connectivity index (χ0v) is 13.5. The summed E-state index contributed by atoms with van der Waals surface area (Å²) in [6.45, 7) is 0.0396. The van der Waals surface area contributed by atoms with Gasteiger partial charge in [-0.3, -0.25) is 9.78 Å². The summed E-state index contributed by atoms with van der Waals surface area (Å²) in [5, 5.41) is 5.25. The van der Waals surface area contributed by atoms with Crippen molar-refractivity contribution in [3.63, 3.8) is 0 Å². The number of halogens is 3. The van der Waals surface area contributed by atoms with Gasteiger partial charge in [0.05, 0.1) is 25.0 Å². The van der Waals surface area contributed by atoms with Gasteiger partial charge in [0, 0.05) is 6.20 Å². The van der Waals surface area contributed by atoms with Crippen LogP contribution < -0.4 is 21.1 Å². The molecule has 10 heteroatoms. The number of rotatable bonds is 6. The predicted octanol–water partition coefficient (Wildman–Crippen LogP) is 2.02. The van der Waals surface area contributed by atoms with Gasteiger partial charge in [-0.25, -0.2) is 4.99 Å². The molecule has 7 nitrogen and oxygen atoms in total. The molecule has 26 heavy (non-hydrogen) atoms. The van der Waals surface area contributed by atoms with Crippen molar-refractivity contribution in [3.8, 4) is 5.75 Å². The van der Waals surface area contributed by atoms with E-state index in [2.05, 4.69) is 25.3 Å². The maximum absolute atomic E-state index is 12.1. The van der Waals surface area contributed by atoms with Gasteiger partial charge >= 0.3 is 6.36 Å². The number of alkyl halides is 3. The molecule has 1 heterocycles. The fraction of sp³-hybridized carbons (Fsp3) is 0.188. The number of nitrogens with one attached hydrogen (secondary N) is 2. The molecule has 4 N–H and O–H groups in total. The first-order chi connectivity index (χ1) is 12.3. The van der Waals surface area contributed by atoms with Crippen LogP contribution in [0, 0.1) is 0 Å². The summed E-state index contributed by atoms with van der Waals surface area (Å²) in [7, 11) is 0. The Kier molecular flexibility index (Phi) is 6.36. The largest absolute Gasteiger partial charge is 0.573 e. The molecule has 1 aromatic heterocycles. The van der Waals surface area contributed by atoms with Crippen molar-refractivity contribution in [1.82, 2.24) is 10.3 Å². The van der Waals surface area contributed by atoms with E-state index in [1.165, 1.54) is 30.5 Å². The molecular formula is C16H16F3N5O2. The number of nitrogens with two attached hydrogens (primary N) is 1. The van der Waals surface area contributed by atoms with E-state index >= 15 is 0 Å². The number of carbonyl (C=O) groups excluding carboxylic acids is 1. The monoisotopic (exact) mass is 367 g/mol. The summed E-state index contributed by atoms with van der Waals surface area (Å²) in [4.78, 5) is 19.6. The molecule has 0 atom stereocenters. The molecule has 138 valence electrons. The number of nitrogens with zero attached hydrogens (tertiary/aromatic N) is 2. The molecule has 0 saturated carbocycles. The van der Waals surface area contributed by atoms with Crippen molar-refractivity contribution in [2.24, 2.45) is 10.7 Å². The Balaban J connectivity index is 1.78. The standard InChI is InChI=1S/C16H16F3N5O2/c17-16(18,19)26-13-5-3-11(4-6-13)8-22-15(20)23-10-14(25)24-12-2-1-7-21-9-12/h1-7,9H,8,10H2,(H,24,25)(H3,20,22,23). The van der Waals surface area contributed by atoms with Gasteiger partial charge in [0.2, 0.25) is 5.91 Å². The molecule has 0 aliphatic carbocycles. The van der Waals surface area contributed by atoms with Gasteiger partial charge in [-0.05, 0) is 29.8 Å². The first-order valence-corrected chi connectivity index (χ1v) is 7.40. The lowest BCUT2D eigenvalue weighted by atomic mass is 10.2. The minimum atomic E-state index is -4.73. The van der Waals surface area contributed by atoms with Crippen LogP contribution in [0.5, 0.6) is 5.75 Å². The Labute approximate surface area is 147 Å². The van der Waals surface area contributed by atoms with E-state index in [1.54, 1.807) is 18.3 Å². The SMILES string of the molecule is NC(=NCc1ccc(OC(F)(F)F)cc1)NCC(=O)Nc1cccnc1. The molecule has 1 aromatic carbocycles. The van der Waals surface area contributed by atoms with Gasteiger partial charge in [-0.1, -0.05) is 12.1 Å². The number of aliphatic imine (C=N–C) groups is 1. The summed E-state index contributed by atoms with van der Waals surface area (Å²) in [5.41, 5.74) is 6.83. The number of hydrogen-bond donors (Lipinski definition) is 3. The third-order valence-electron chi connectivity index (χ3n) is 2.96. The van der Waals surface area contributed by atoms with Crippen LogP contribution in [0.2, 0.25) is 0 Å². The van der Waals surface area contributed by atoms with E-state index in [4.69, 9.17) is 5.73 Å². The highest BCUT2D eigenvalue weighted by molar-refractivity contribution is 5.94. The van der Waals surface area contributed by atoms with E-state index in [-0.39, 0.29) is 30.7 Å². The van der Waals surface area contributed by atoms with Crippen LogP contribution in [0.4, 0.5) is 18.9 Å². The van der Waals surface area contributed by atoms with Crippen LogP contribution in [0.25, 0.3) is 0 Å². The Morgan fingerprint density at radius 3 is 2.58 bits per heavy atom. The summed E-state index contributed by atoms with van der Waals surface area (Å²) in [5.74, 6) is -0.616. The van der Waals surface area contributed by atoms with Crippen molar-refractivity contribution in [2.75, 3.05) is 11.9 Å². The second-order valence-electron chi connectivity index (χ2n) is 5.04. The molecular weight excluding hydrogens is 351 g/mol. The van der Waals surface area contributed by atoms with Gasteiger partial charge in [0.15, 0.2) is 5.96 Å². The van der Waals surface area contributed by atoms with Crippen LogP contribution in [0.15, 0.2) is 53.8 Å². The van der Waals surface area contributed by atoms with Crippen LogP contribution in [0.1, 0.15) is 5.56 Å². The van der Waals surface area contributed by atoms with E-state index < -0.39 is 6.36 Å². The highest BCUT2D eigenvalue weighted by Crippen LogP contribution is 2.22. The molecule has 0 bridgehead atoms. The number of hydrogen-bond acceptors (Lipinski definition) is 4. The highest BCUT2D eigenvalue weighted by Gasteiger charge is 2.30. The Hall–Kier alpha value is -3.30. The van der Waals surface area contributed by atoms with Gasteiger partial charge < -0.3 is 21.1 Å².